The first kappa shape index (κ1) is 11.5. The summed E-state index contributed by atoms with van der Waals surface area (Å²) in [5.74, 6) is 0.533. The van der Waals surface area contributed by atoms with Gasteiger partial charge in [0.2, 0.25) is 5.91 Å². The van der Waals surface area contributed by atoms with Crippen molar-refractivity contribution in [1.82, 2.24) is 4.90 Å². The second-order valence-corrected chi connectivity index (χ2v) is 4.17. The number of amides is 1. The first-order chi connectivity index (χ1) is 6.75. The minimum atomic E-state index is 0.169. The second-order valence-electron chi connectivity index (χ2n) is 4.17. The fourth-order valence-corrected chi connectivity index (χ4v) is 2.08. The summed E-state index contributed by atoms with van der Waals surface area (Å²) >= 11 is 0. The van der Waals surface area contributed by atoms with Gasteiger partial charge in [-0.3, -0.25) is 4.79 Å². The molecule has 0 radical (unpaired) electrons. The fraction of sp³-hybridized carbons (Fsp3) is 0.909. The largest absolute Gasteiger partial charge is 0.396 e. The van der Waals surface area contributed by atoms with Crippen molar-refractivity contribution in [2.75, 3.05) is 20.2 Å². The van der Waals surface area contributed by atoms with Crippen molar-refractivity contribution in [2.45, 2.75) is 38.5 Å². The normalized spacial score (nSPS) is 18.1. The third-order valence-electron chi connectivity index (χ3n) is 2.98. The predicted molar refractivity (Wildman–Crippen MR) is 55.9 cm³/mol. The lowest BCUT2D eigenvalue weighted by atomic mass is 9.88. The van der Waals surface area contributed by atoms with E-state index in [0.29, 0.717) is 13.0 Å². The number of hydrogen-bond donors (Lipinski definition) is 1. The topological polar surface area (TPSA) is 40.5 Å². The average molecular weight is 199 g/mol. The van der Waals surface area contributed by atoms with Gasteiger partial charge in [-0.25, -0.2) is 0 Å². The zero-order chi connectivity index (χ0) is 10.4. The molecule has 0 aromatic carbocycles. The molecule has 3 nitrogen and oxygen atoms in total. The Balaban J connectivity index is 2.30. The Morgan fingerprint density at radius 2 is 2.00 bits per heavy atom. The van der Waals surface area contributed by atoms with Crippen LogP contribution in [-0.2, 0) is 4.79 Å². The van der Waals surface area contributed by atoms with E-state index < -0.39 is 0 Å². The van der Waals surface area contributed by atoms with E-state index in [2.05, 4.69) is 0 Å². The molecule has 0 atom stereocenters. The molecule has 0 spiro atoms. The molecule has 0 aromatic rings. The zero-order valence-electron chi connectivity index (χ0n) is 9.04. The summed E-state index contributed by atoms with van der Waals surface area (Å²) < 4.78 is 0. The van der Waals surface area contributed by atoms with Crippen molar-refractivity contribution in [3.05, 3.63) is 0 Å². The van der Waals surface area contributed by atoms with Crippen molar-refractivity contribution < 1.29 is 9.90 Å². The molecule has 3 heteroatoms. The second kappa shape index (κ2) is 6.02. The summed E-state index contributed by atoms with van der Waals surface area (Å²) in [6.45, 7) is 0.855. The van der Waals surface area contributed by atoms with Crippen molar-refractivity contribution in [3.8, 4) is 0 Å². The van der Waals surface area contributed by atoms with Crippen LogP contribution in [0.4, 0.5) is 0 Å². The number of aliphatic hydroxyl groups is 1. The minimum Gasteiger partial charge on any atom is -0.396 e. The van der Waals surface area contributed by atoms with Crippen molar-refractivity contribution in [2.24, 2.45) is 5.92 Å². The van der Waals surface area contributed by atoms with Gasteiger partial charge in [0.15, 0.2) is 0 Å². The maximum absolute atomic E-state index is 11.8. The molecule has 0 saturated heterocycles. The molecule has 1 fully saturated rings. The van der Waals surface area contributed by atoms with E-state index in [9.17, 15) is 4.79 Å². The van der Waals surface area contributed by atoms with Crippen molar-refractivity contribution in [3.63, 3.8) is 0 Å². The first-order valence-electron chi connectivity index (χ1n) is 5.61. The Bertz CT molecular complexity index is 176. The third kappa shape index (κ3) is 3.29. The summed E-state index contributed by atoms with van der Waals surface area (Å²) in [5, 5.41) is 8.67. The molecular weight excluding hydrogens is 178 g/mol. The first-order valence-corrected chi connectivity index (χ1v) is 5.61. The quantitative estimate of drug-likeness (QED) is 0.743. The molecule has 0 heterocycles. The Hall–Kier alpha value is -0.570. The van der Waals surface area contributed by atoms with E-state index in [4.69, 9.17) is 5.11 Å². The minimum absolute atomic E-state index is 0.169. The van der Waals surface area contributed by atoms with Crippen LogP contribution in [0.5, 0.6) is 0 Å². The van der Waals surface area contributed by atoms with Gasteiger partial charge in [0.25, 0.3) is 0 Å². The molecule has 0 aromatic heterocycles. The van der Waals surface area contributed by atoms with E-state index in [0.717, 1.165) is 12.8 Å². The van der Waals surface area contributed by atoms with Crippen LogP contribution in [0.25, 0.3) is 0 Å². The van der Waals surface area contributed by atoms with Gasteiger partial charge in [-0.15, -0.1) is 0 Å². The van der Waals surface area contributed by atoms with E-state index in [1.54, 1.807) is 4.90 Å². The van der Waals surface area contributed by atoms with Gasteiger partial charge in [-0.05, 0) is 19.3 Å². The lowest BCUT2D eigenvalue weighted by molar-refractivity contribution is -0.135. The molecule has 1 rings (SSSR count). The number of nitrogens with zero attached hydrogens (tertiary/aromatic N) is 1. The van der Waals surface area contributed by atoms with E-state index in [1.807, 2.05) is 7.05 Å². The van der Waals surface area contributed by atoms with Crippen LogP contribution < -0.4 is 0 Å². The Labute approximate surface area is 86.1 Å². The van der Waals surface area contributed by atoms with Crippen LogP contribution in [0.3, 0.4) is 0 Å². The number of aliphatic hydroxyl groups excluding tert-OH is 1. The number of carbonyl (C=O) groups excluding carboxylic acids is 1. The summed E-state index contributed by atoms with van der Waals surface area (Å²) in [6.07, 6.45) is 6.48. The van der Waals surface area contributed by atoms with Crippen LogP contribution in [0, 0.1) is 5.92 Å². The lowest BCUT2D eigenvalue weighted by Crippen LogP contribution is -2.34. The number of carbonyl (C=O) groups is 1. The average Bonchev–Trinajstić information content (AvgIpc) is 2.26. The highest BCUT2D eigenvalue weighted by atomic mass is 16.3. The predicted octanol–water partition coefficient (Wildman–Crippen LogP) is 1.41. The van der Waals surface area contributed by atoms with Crippen molar-refractivity contribution in [1.29, 1.82) is 0 Å². The summed E-state index contributed by atoms with van der Waals surface area (Å²) in [6, 6.07) is 0. The molecule has 0 aliphatic heterocycles. The molecule has 82 valence electrons. The van der Waals surface area contributed by atoms with Crippen LogP contribution >= 0.6 is 0 Å². The van der Waals surface area contributed by atoms with E-state index >= 15 is 0 Å². The Morgan fingerprint density at radius 3 is 2.57 bits per heavy atom. The SMILES string of the molecule is CN(CCCO)C(=O)C1CCCCC1. The van der Waals surface area contributed by atoms with Crippen LogP contribution in [0.2, 0.25) is 0 Å². The smallest absolute Gasteiger partial charge is 0.225 e. The van der Waals surface area contributed by atoms with Crippen LogP contribution in [-0.4, -0.2) is 36.1 Å². The fourth-order valence-electron chi connectivity index (χ4n) is 2.08. The Morgan fingerprint density at radius 1 is 1.36 bits per heavy atom. The van der Waals surface area contributed by atoms with Gasteiger partial charge in [0.05, 0.1) is 0 Å². The summed E-state index contributed by atoms with van der Waals surface area (Å²) in [5.41, 5.74) is 0. The standard InChI is InChI=1S/C11H21NO2/c1-12(8-5-9-13)11(14)10-6-3-2-4-7-10/h10,13H,2-9H2,1H3. The highest BCUT2D eigenvalue weighted by Crippen LogP contribution is 2.24. The van der Waals surface area contributed by atoms with Gasteiger partial charge in [-0.1, -0.05) is 19.3 Å². The van der Waals surface area contributed by atoms with E-state index in [1.165, 1.54) is 19.3 Å². The highest BCUT2D eigenvalue weighted by Gasteiger charge is 2.23. The summed E-state index contributed by atoms with van der Waals surface area (Å²) in [4.78, 5) is 13.6. The van der Waals surface area contributed by atoms with Crippen LogP contribution in [0.1, 0.15) is 38.5 Å². The van der Waals surface area contributed by atoms with Gasteiger partial charge < -0.3 is 10.0 Å². The van der Waals surface area contributed by atoms with Gasteiger partial charge in [0.1, 0.15) is 0 Å². The summed E-state index contributed by atoms with van der Waals surface area (Å²) in [7, 11) is 1.84. The van der Waals surface area contributed by atoms with Crippen LogP contribution in [0.15, 0.2) is 0 Å². The maximum atomic E-state index is 11.8. The van der Waals surface area contributed by atoms with E-state index in [-0.39, 0.29) is 18.4 Å². The van der Waals surface area contributed by atoms with Gasteiger partial charge in [-0.2, -0.15) is 0 Å². The number of rotatable bonds is 4. The van der Waals surface area contributed by atoms with Gasteiger partial charge in [0, 0.05) is 26.1 Å². The molecule has 1 N–H and O–H groups in total. The molecule has 1 amide bonds. The highest BCUT2D eigenvalue weighted by molar-refractivity contribution is 5.78. The zero-order valence-corrected chi connectivity index (χ0v) is 9.04. The maximum Gasteiger partial charge on any atom is 0.225 e. The van der Waals surface area contributed by atoms with Crippen molar-refractivity contribution >= 4 is 5.91 Å². The lowest BCUT2D eigenvalue weighted by Gasteiger charge is -2.26. The molecule has 1 saturated carbocycles. The number of hydrogen-bond acceptors (Lipinski definition) is 2. The molecule has 14 heavy (non-hydrogen) atoms. The monoisotopic (exact) mass is 199 g/mol. The Kier molecular flexibility index (Phi) is 4.94. The molecule has 1 aliphatic rings. The molecule has 1 aliphatic carbocycles. The molecular formula is C11H21NO2. The van der Waals surface area contributed by atoms with Gasteiger partial charge >= 0.3 is 0 Å². The molecule has 0 unspecified atom stereocenters. The molecule has 0 bridgehead atoms. The third-order valence-corrected chi connectivity index (χ3v) is 2.98.